The van der Waals surface area contributed by atoms with E-state index in [-0.39, 0.29) is 0 Å². The van der Waals surface area contributed by atoms with Crippen molar-refractivity contribution in [3.63, 3.8) is 0 Å². The Kier molecular flexibility index (Phi) is 3.01. The molecule has 2 N–H and O–H groups in total. The highest BCUT2D eigenvalue weighted by Crippen LogP contribution is 2.13. The fourth-order valence-corrected chi connectivity index (χ4v) is 1.34. The number of nitrogens with one attached hydrogen (secondary N) is 1. The predicted octanol–water partition coefficient (Wildman–Crippen LogP) is 0.368. The molecule has 0 aromatic rings. The second-order valence-electron chi connectivity index (χ2n) is 2.72. The van der Waals surface area contributed by atoms with E-state index in [0.29, 0.717) is 6.61 Å². The summed E-state index contributed by atoms with van der Waals surface area (Å²) in [6, 6.07) is 0. The summed E-state index contributed by atoms with van der Waals surface area (Å²) in [5, 5.41) is 11.8. The highest BCUT2D eigenvalue weighted by Gasteiger charge is 2.12. The first-order chi connectivity index (χ1) is 4.43. The maximum atomic E-state index is 8.51. The summed E-state index contributed by atoms with van der Waals surface area (Å²) in [6.45, 7) is 2.70. The second-order valence-corrected chi connectivity index (χ2v) is 2.72. The minimum atomic E-state index is 0.358. The number of hydrogen-bond donors (Lipinski definition) is 2. The van der Waals surface area contributed by atoms with E-state index in [1.165, 1.54) is 25.9 Å². The van der Waals surface area contributed by atoms with Crippen LogP contribution in [-0.4, -0.2) is 24.8 Å². The summed E-state index contributed by atoms with van der Waals surface area (Å²) < 4.78 is 0. The van der Waals surface area contributed by atoms with Gasteiger partial charge in [0.25, 0.3) is 0 Å². The van der Waals surface area contributed by atoms with Crippen LogP contribution in [0.15, 0.2) is 0 Å². The van der Waals surface area contributed by atoms with Crippen LogP contribution in [0, 0.1) is 5.92 Å². The van der Waals surface area contributed by atoms with Crippen molar-refractivity contribution in [3.8, 4) is 0 Å². The van der Waals surface area contributed by atoms with Gasteiger partial charge in [-0.3, -0.25) is 0 Å². The summed E-state index contributed by atoms with van der Waals surface area (Å²) >= 11 is 0. The molecule has 0 spiro atoms. The van der Waals surface area contributed by atoms with E-state index in [2.05, 4.69) is 5.32 Å². The molecule has 0 radical (unpaired) electrons. The predicted molar refractivity (Wildman–Crippen MR) is 37.3 cm³/mol. The monoisotopic (exact) mass is 129 g/mol. The van der Waals surface area contributed by atoms with Crippen LogP contribution in [0.25, 0.3) is 0 Å². The van der Waals surface area contributed by atoms with E-state index in [1.54, 1.807) is 0 Å². The van der Waals surface area contributed by atoms with Crippen molar-refractivity contribution in [2.75, 3.05) is 19.7 Å². The second kappa shape index (κ2) is 3.85. The van der Waals surface area contributed by atoms with Crippen molar-refractivity contribution in [3.05, 3.63) is 0 Å². The fraction of sp³-hybridized carbons (Fsp3) is 1.00. The van der Waals surface area contributed by atoms with Crippen molar-refractivity contribution >= 4 is 0 Å². The molecule has 0 aliphatic carbocycles. The van der Waals surface area contributed by atoms with Crippen molar-refractivity contribution in [1.29, 1.82) is 0 Å². The molecule has 2 heteroatoms. The van der Waals surface area contributed by atoms with E-state index >= 15 is 0 Å². The molecule has 0 saturated carbocycles. The van der Waals surface area contributed by atoms with Gasteiger partial charge in [-0.2, -0.15) is 0 Å². The topological polar surface area (TPSA) is 32.3 Å². The molecule has 1 aliphatic heterocycles. The number of aliphatic hydroxyl groups is 1. The summed E-state index contributed by atoms with van der Waals surface area (Å²) in [6.07, 6.45) is 3.48. The summed E-state index contributed by atoms with van der Waals surface area (Å²) in [5.74, 6) is 0.845. The molecule has 1 aliphatic rings. The van der Waals surface area contributed by atoms with Gasteiger partial charge in [-0.15, -0.1) is 0 Å². The molecule has 0 aromatic carbocycles. The standard InChI is InChI=1S/C7H15NO/c9-5-1-2-7-3-4-8-6-7/h7-9H,1-6H2/t7-/m1/s1. The molecule has 0 aromatic heterocycles. The van der Waals surface area contributed by atoms with Gasteiger partial charge in [-0.1, -0.05) is 0 Å². The lowest BCUT2D eigenvalue weighted by Crippen LogP contribution is -2.09. The molecule has 1 saturated heterocycles. The van der Waals surface area contributed by atoms with Crippen LogP contribution in [0.5, 0.6) is 0 Å². The Morgan fingerprint density at radius 1 is 1.56 bits per heavy atom. The zero-order valence-corrected chi connectivity index (χ0v) is 5.77. The van der Waals surface area contributed by atoms with Crippen LogP contribution in [0.2, 0.25) is 0 Å². The van der Waals surface area contributed by atoms with Crippen LogP contribution < -0.4 is 5.32 Å². The van der Waals surface area contributed by atoms with Crippen molar-refractivity contribution in [1.82, 2.24) is 5.32 Å². The van der Waals surface area contributed by atoms with Gasteiger partial charge in [0.1, 0.15) is 0 Å². The van der Waals surface area contributed by atoms with Crippen molar-refractivity contribution in [2.45, 2.75) is 19.3 Å². The van der Waals surface area contributed by atoms with Crippen LogP contribution >= 0.6 is 0 Å². The average Bonchev–Trinajstić information content (AvgIpc) is 2.34. The summed E-state index contributed by atoms with van der Waals surface area (Å²) in [5.41, 5.74) is 0. The molecule has 9 heavy (non-hydrogen) atoms. The Bertz CT molecular complexity index is 69.3. The van der Waals surface area contributed by atoms with Crippen LogP contribution in [0.3, 0.4) is 0 Å². The van der Waals surface area contributed by atoms with Crippen molar-refractivity contribution in [2.24, 2.45) is 5.92 Å². The van der Waals surface area contributed by atoms with Gasteiger partial charge in [0.2, 0.25) is 0 Å². The molecule has 1 heterocycles. The Balaban J connectivity index is 1.98. The van der Waals surface area contributed by atoms with Crippen LogP contribution in [-0.2, 0) is 0 Å². The molecule has 0 unspecified atom stereocenters. The first-order valence-corrected chi connectivity index (χ1v) is 3.75. The van der Waals surface area contributed by atoms with Crippen LogP contribution in [0.1, 0.15) is 19.3 Å². The third-order valence-corrected chi connectivity index (χ3v) is 1.93. The van der Waals surface area contributed by atoms with E-state index < -0.39 is 0 Å². The minimum Gasteiger partial charge on any atom is -0.396 e. The molecule has 1 atom stereocenters. The van der Waals surface area contributed by atoms with Gasteiger partial charge >= 0.3 is 0 Å². The highest BCUT2D eigenvalue weighted by atomic mass is 16.2. The average molecular weight is 129 g/mol. The Morgan fingerprint density at radius 3 is 3.00 bits per heavy atom. The zero-order chi connectivity index (χ0) is 6.53. The van der Waals surface area contributed by atoms with Crippen LogP contribution in [0.4, 0.5) is 0 Å². The van der Waals surface area contributed by atoms with Gasteiger partial charge in [0, 0.05) is 6.61 Å². The van der Waals surface area contributed by atoms with E-state index in [0.717, 1.165) is 12.3 Å². The van der Waals surface area contributed by atoms with Gasteiger partial charge in [-0.05, 0) is 38.3 Å². The molecule has 54 valence electrons. The molecular weight excluding hydrogens is 114 g/mol. The maximum Gasteiger partial charge on any atom is 0.0431 e. The molecule has 1 rings (SSSR count). The smallest absolute Gasteiger partial charge is 0.0431 e. The van der Waals surface area contributed by atoms with Gasteiger partial charge in [0.05, 0.1) is 0 Å². The summed E-state index contributed by atoms with van der Waals surface area (Å²) in [7, 11) is 0. The minimum absolute atomic E-state index is 0.358. The van der Waals surface area contributed by atoms with Gasteiger partial charge < -0.3 is 10.4 Å². The Hall–Kier alpha value is -0.0800. The lowest BCUT2D eigenvalue weighted by molar-refractivity contribution is 0.273. The molecule has 1 fully saturated rings. The quantitative estimate of drug-likeness (QED) is 0.577. The maximum absolute atomic E-state index is 8.51. The highest BCUT2D eigenvalue weighted by molar-refractivity contribution is 4.70. The SMILES string of the molecule is OCCC[C@@H]1CCNC1. The van der Waals surface area contributed by atoms with Gasteiger partial charge in [-0.25, -0.2) is 0 Å². The normalized spacial score (nSPS) is 27.0. The first kappa shape index (κ1) is 7.03. The van der Waals surface area contributed by atoms with Gasteiger partial charge in [0.15, 0.2) is 0 Å². The Morgan fingerprint density at radius 2 is 2.44 bits per heavy atom. The fourth-order valence-electron chi connectivity index (χ4n) is 1.34. The molecule has 2 nitrogen and oxygen atoms in total. The van der Waals surface area contributed by atoms with Crippen molar-refractivity contribution < 1.29 is 5.11 Å². The molecule has 0 bridgehead atoms. The van der Waals surface area contributed by atoms with E-state index in [9.17, 15) is 0 Å². The lowest BCUT2D eigenvalue weighted by atomic mass is 10.0. The number of rotatable bonds is 3. The zero-order valence-electron chi connectivity index (χ0n) is 5.77. The number of hydrogen-bond acceptors (Lipinski definition) is 2. The molecule has 0 amide bonds. The lowest BCUT2D eigenvalue weighted by Gasteiger charge is -2.04. The molecular formula is C7H15NO. The number of aliphatic hydroxyl groups excluding tert-OH is 1. The third-order valence-electron chi connectivity index (χ3n) is 1.93. The van der Waals surface area contributed by atoms with E-state index in [1.807, 2.05) is 0 Å². The largest absolute Gasteiger partial charge is 0.396 e. The third kappa shape index (κ3) is 2.33. The van der Waals surface area contributed by atoms with E-state index in [4.69, 9.17) is 5.11 Å². The first-order valence-electron chi connectivity index (χ1n) is 3.75. The summed E-state index contributed by atoms with van der Waals surface area (Å²) in [4.78, 5) is 0. The Labute approximate surface area is 56.3 Å².